The van der Waals surface area contributed by atoms with Gasteiger partial charge in [-0.2, -0.15) is 0 Å². The molecule has 1 fully saturated rings. The van der Waals surface area contributed by atoms with E-state index in [4.69, 9.17) is 4.74 Å². The van der Waals surface area contributed by atoms with Crippen LogP contribution in [0.2, 0.25) is 0 Å². The topological polar surface area (TPSA) is 58.6 Å². The molecule has 5 heteroatoms. The molecule has 0 spiro atoms. The predicted molar refractivity (Wildman–Crippen MR) is 106 cm³/mol. The second-order valence-corrected chi connectivity index (χ2v) is 6.78. The molecule has 1 aliphatic carbocycles. The van der Waals surface area contributed by atoms with Crippen molar-refractivity contribution in [2.24, 2.45) is 5.41 Å². The number of rotatable bonds is 8. The third-order valence-electron chi connectivity index (χ3n) is 5.10. The lowest BCUT2D eigenvalue weighted by molar-refractivity contribution is -0.135. The van der Waals surface area contributed by atoms with E-state index in [1.807, 2.05) is 61.5 Å². The molecule has 2 amide bonds. The molecule has 1 saturated carbocycles. The first kappa shape index (κ1) is 19.0. The van der Waals surface area contributed by atoms with Gasteiger partial charge in [0.2, 0.25) is 11.8 Å². The number of ether oxygens (including phenoxy) is 1. The predicted octanol–water partition coefficient (Wildman–Crippen LogP) is 3.19. The molecule has 3 rings (SSSR count). The summed E-state index contributed by atoms with van der Waals surface area (Å²) in [4.78, 5) is 27.6. The smallest absolute Gasteiger partial charge is 0.242 e. The van der Waals surface area contributed by atoms with E-state index in [0.29, 0.717) is 32.4 Å². The highest BCUT2D eigenvalue weighted by Gasteiger charge is 2.57. The number of carbonyl (C=O) groups is 2. The second kappa shape index (κ2) is 8.25. The highest BCUT2D eigenvalue weighted by molar-refractivity contribution is 6.14. The van der Waals surface area contributed by atoms with Crippen LogP contribution in [0.1, 0.15) is 25.3 Å². The Morgan fingerprint density at radius 1 is 1.07 bits per heavy atom. The zero-order valence-corrected chi connectivity index (χ0v) is 15.9. The van der Waals surface area contributed by atoms with Crippen LogP contribution in [0, 0.1) is 5.41 Å². The number of amides is 2. The zero-order valence-electron chi connectivity index (χ0n) is 15.9. The molecule has 1 aliphatic rings. The summed E-state index contributed by atoms with van der Waals surface area (Å²) >= 11 is 0. The van der Waals surface area contributed by atoms with Crippen LogP contribution in [0.5, 0.6) is 5.75 Å². The monoisotopic (exact) mass is 366 g/mol. The Balaban J connectivity index is 1.63. The van der Waals surface area contributed by atoms with Crippen molar-refractivity contribution < 1.29 is 14.3 Å². The summed E-state index contributed by atoms with van der Waals surface area (Å²) in [6.07, 6.45) is 1.88. The van der Waals surface area contributed by atoms with Crippen molar-refractivity contribution in [3.63, 3.8) is 0 Å². The lowest BCUT2D eigenvalue weighted by Gasteiger charge is -2.26. The number of nitrogens with zero attached hydrogens (tertiary/aromatic N) is 1. The average molecular weight is 366 g/mol. The zero-order chi connectivity index (χ0) is 19.3. The maximum absolute atomic E-state index is 13.1. The lowest BCUT2D eigenvalue weighted by atomic mass is 10.0. The summed E-state index contributed by atoms with van der Waals surface area (Å²) < 4.78 is 5.34. The largest absolute Gasteiger partial charge is 0.496 e. The van der Waals surface area contributed by atoms with Gasteiger partial charge < -0.3 is 15.0 Å². The number of benzene rings is 2. The quantitative estimate of drug-likeness (QED) is 0.730. The van der Waals surface area contributed by atoms with Crippen LogP contribution in [0.3, 0.4) is 0 Å². The molecule has 0 radical (unpaired) electrons. The van der Waals surface area contributed by atoms with E-state index < -0.39 is 5.41 Å². The molecule has 0 aliphatic heterocycles. The molecule has 0 atom stereocenters. The fourth-order valence-electron chi connectivity index (χ4n) is 3.36. The third-order valence-corrected chi connectivity index (χ3v) is 5.10. The van der Waals surface area contributed by atoms with E-state index in [1.165, 1.54) is 0 Å². The molecule has 0 unspecified atom stereocenters. The standard InChI is InChI=1S/C22H26N2O3/c1-3-24(18-10-5-4-6-11-18)21(26)22(14-15-22)20(25)23-16-13-17-9-7-8-12-19(17)27-2/h4-12H,3,13-16H2,1-2H3,(H,23,25). The maximum atomic E-state index is 13.1. The Morgan fingerprint density at radius 2 is 1.74 bits per heavy atom. The molecule has 0 heterocycles. The van der Waals surface area contributed by atoms with E-state index in [-0.39, 0.29) is 11.8 Å². The third kappa shape index (κ3) is 3.97. The maximum Gasteiger partial charge on any atom is 0.242 e. The van der Waals surface area contributed by atoms with E-state index >= 15 is 0 Å². The number of para-hydroxylation sites is 2. The minimum absolute atomic E-state index is 0.106. The van der Waals surface area contributed by atoms with Crippen LogP contribution in [0.25, 0.3) is 0 Å². The Kier molecular flexibility index (Phi) is 5.79. The minimum atomic E-state index is -0.910. The minimum Gasteiger partial charge on any atom is -0.496 e. The van der Waals surface area contributed by atoms with Crippen molar-refractivity contribution in [2.75, 3.05) is 25.1 Å². The van der Waals surface area contributed by atoms with Crippen molar-refractivity contribution in [3.8, 4) is 5.75 Å². The van der Waals surface area contributed by atoms with E-state index in [1.54, 1.807) is 12.0 Å². The number of hydrogen-bond donors (Lipinski definition) is 1. The van der Waals surface area contributed by atoms with E-state index in [0.717, 1.165) is 17.0 Å². The van der Waals surface area contributed by atoms with Crippen LogP contribution < -0.4 is 15.0 Å². The van der Waals surface area contributed by atoms with Crippen molar-refractivity contribution >= 4 is 17.5 Å². The molecule has 0 aromatic heterocycles. The van der Waals surface area contributed by atoms with Gasteiger partial charge in [-0.1, -0.05) is 36.4 Å². The molecular weight excluding hydrogens is 340 g/mol. The summed E-state index contributed by atoms with van der Waals surface area (Å²) in [6, 6.07) is 17.3. The first-order chi connectivity index (χ1) is 13.1. The van der Waals surface area contributed by atoms with Crippen LogP contribution in [0.4, 0.5) is 5.69 Å². The first-order valence-electron chi connectivity index (χ1n) is 9.39. The Labute approximate surface area is 160 Å². The highest BCUT2D eigenvalue weighted by Crippen LogP contribution is 2.48. The van der Waals surface area contributed by atoms with Gasteiger partial charge in [-0.05, 0) is 49.9 Å². The average Bonchev–Trinajstić information content (AvgIpc) is 3.52. The van der Waals surface area contributed by atoms with Crippen LogP contribution in [-0.4, -0.2) is 32.0 Å². The summed E-state index contributed by atoms with van der Waals surface area (Å²) in [7, 11) is 1.64. The van der Waals surface area contributed by atoms with Gasteiger partial charge in [0.05, 0.1) is 7.11 Å². The molecule has 142 valence electrons. The number of hydrogen-bond acceptors (Lipinski definition) is 3. The summed E-state index contributed by atoms with van der Waals surface area (Å²) in [5.41, 5.74) is 0.959. The van der Waals surface area contributed by atoms with Crippen molar-refractivity contribution in [1.82, 2.24) is 5.32 Å². The van der Waals surface area contributed by atoms with Gasteiger partial charge in [0.15, 0.2) is 0 Å². The van der Waals surface area contributed by atoms with E-state index in [9.17, 15) is 9.59 Å². The van der Waals surface area contributed by atoms with Crippen LogP contribution >= 0.6 is 0 Å². The van der Waals surface area contributed by atoms with Crippen molar-refractivity contribution in [1.29, 1.82) is 0 Å². The molecule has 0 saturated heterocycles. The number of nitrogens with one attached hydrogen (secondary N) is 1. The van der Waals surface area contributed by atoms with Crippen molar-refractivity contribution in [2.45, 2.75) is 26.2 Å². The van der Waals surface area contributed by atoms with Gasteiger partial charge in [0.25, 0.3) is 0 Å². The summed E-state index contributed by atoms with van der Waals surface area (Å²) in [5, 5.41) is 2.95. The molecule has 1 N–H and O–H groups in total. The number of methoxy groups -OCH3 is 1. The summed E-state index contributed by atoms with van der Waals surface area (Å²) in [5.74, 6) is 0.535. The number of anilines is 1. The molecule has 5 nitrogen and oxygen atoms in total. The number of carbonyl (C=O) groups excluding carboxylic acids is 2. The highest BCUT2D eigenvalue weighted by atomic mass is 16.5. The SMILES string of the molecule is CCN(C(=O)C1(C(=O)NCCc2ccccc2OC)CC1)c1ccccc1. The Bertz CT molecular complexity index is 800. The van der Waals surface area contributed by atoms with Gasteiger partial charge in [0, 0.05) is 18.8 Å². The summed E-state index contributed by atoms with van der Waals surface area (Å²) in [6.45, 7) is 2.95. The fourth-order valence-corrected chi connectivity index (χ4v) is 3.36. The fraction of sp³-hybridized carbons (Fsp3) is 0.364. The van der Waals surface area contributed by atoms with Gasteiger partial charge in [-0.15, -0.1) is 0 Å². The van der Waals surface area contributed by atoms with E-state index in [2.05, 4.69) is 5.32 Å². The molecule has 0 bridgehead atoms. The molecule has 27 heavy (non-hydrogen) atoms. The molecule has 2 aromatic rings. The van der Waals surface area contributed by atoms with Crippen molar-refractivity contribution in [3.05, 3.63) is 60.2 Å². The Morgan fingerprint density at radius 3 is 2.37 bits per heavy atom. The van der Waals surface area contributed by atoms with Gasteiger partial charge >= 0.3 is 0 Å². The van der Waals surface area contributed by atoms with Crippen LogP contribution in [-0.2, 0) is 16.0 Å². The Hall–Kier alpha value is -2.82. The van der Waals surface area contributed by atoms with Crippen LogP contribution in [0.15, 0.2) is 54.6 Å². The van der Waals surface area contributed by atoms with Gasteiger partial charge in [-0.3, -0.25) is 9.59 Å². The van der Waals surface area contributed by atoms with Gasteiger partial charge in [0.1, 0.15) is 11.2 Å². The first-order valence-corrected chi connectivity index (χ1v) is 9.39. The lowest BCUT2D eigenvalue weighted by Crippen LogP contribution is -2.45. The molecular formula is C22H26N2O3. The van der Waals surface area contributed by atoms with Gasteiger partial charge in [-0.25, -0.2) is 0 Å². The second-order valence-electron chi connectivity index (χ2n) is 6.78. The normalized spacial score (nSPS) is 14.3. The molecule has 2 aromatic carbocycles.